The summed E-state index contributed by atoms with van der Waals surface area (Å²) in [6, 6.07) is 0. The zero-order valence-corrected chi connectivity index (χ0v) is 11.5. The van der Waals surface area contributed by atoms with E-state index in [4.69, 9.17) is 19.6 Å². The minimum Gasteiger partial charge on any atom is -0.424 e. The van der Waals surface area contributed by atoms with Crippen LogP contribution in [0.25, 0.3) is 0 Å². The Morgan fingerprint density at radius 2 is 1.50 bits per heavy atom. The van der Waals surface area contributed by atoms with Gasteiger partial charge < -0.3 is 8.54 Å². The molecule has 12 heavy (non-hydrogen) atoms. The third kappa shape index (κ3) is 7.30. The van der Waals surface area contributed by atoms with Crippen molar-refractivity contribution in [3.63, 3.8) is 0 Å². The van der Waals surface area contributed by atoms with E-state index in [9.17, 15) is 0 Å². The minimum absolute atomic E-state index is 0.222. The van der Waals surface area contributed by atoms with E-state index in [1.807, 2.05) is 40.0 Å². The van der Waals surface area contributed by atoms with Crippen LogP contribution < -0.4 is 0 Å². The lowest BCUT2D eigenvalue weighted by atomic mass is 10.5. The molecule has 0 rings (SSSR count). The molecule has 0 saturated heterocycles. The van der Waals surface area contributed by atoms with Gasteiger partial charge in [-0.05, 0) is 40.0 Å². The Kier molecular flexibility index (Phi) is 4.46. The molecule has 0 N–H and O–H groups in total. The van der Waals surface area contributed by atoms with E-state index < -0.39 is 16.2 Å². The maximum atomic E-state index is 6.07. The first-order valence-corrected chi connectivity index (χ1v) is 10.9. The molecule has 0 unspecified atom stereocenters. The molecule has 0 aliphatic heterocycles. The molecule has 0 aliphatic carbocycles. The summed E-state index contributed by atoms with van der Waals surface area (Å²) < 4.78 is 11.4. The summed E-state index contributed by atoms with van der Waals surface area (Å²) in [5.74, 6) is 0. The molecule has 0 bridgehead atoms. The van der Waals surface area contributed by atoms with Crippen molar-refractivity contribution >= 4 is 27.3 Å². The van der Waals surface area contributed by atoms with Gasteiger partial charge in [-0.1, -0.05) is 0 Å². The van der Waals surface area contributed by atoms with Crippen molar-refractivity contribution in [3.05, 3.63) is 0 Å². The number of halogens is 1. The van der Waals surface area contributed by atoms with Crippen LogP contribution in [0, 0.1) is 0 Å². The van der Waals surface area contributed by atoms with Crippen molar-refractivity contribution in [3.8, 4) is 0 Å². The monoisotopic (exact) mass is 226 g/mol. The molecule has 0 aliphatic rings. The number of hydrogen-bond donors (Lipinski definition) is 0. The molecule has 2 nitrogen and oxygen atoms in total. The summed E-state index contributed by atoms with van der Waals surface area (Å²) in [6.07, 6.45) is 0.222. The molecule has 0 aromatic heterocycles. The van der Waals surface area contributed by atoms with Crippen LogP contribution >= 0.6 is 11.1 Å². The molecule has 0 saturated carbocycles. The maximum absolute atomic E-state index is 6.07. The van der Waals surface area contributed by atoms with Gasteiger partial charge >= 0.3 is 8.56 Å². The van der Waals surface area contributed by atoms with Gasteiger partial charge in [0.25, 0.3) is 7.63 Å². The van der Waals surface area contributed by atoms with Crippen LogP contribution in [0.4, 0.5) is 0 Å². The lowest BCUT2D eigenvalue weighted by Crippen LogP contribution is -2.45. The molecular formula is C7H19ClO2Si2. The lowest BCUT2D eigenvalue weighted by Gasteiger charge is -2.30. The van der Waals surface area contributed by atoms with E-state index in [-0.39, 0.29) is 6.10 Å². The third-order valence-corrected chi connectivity index (χ3v) is 6.65. The van der Waals surface area contributed by atoms with Crippen LogP contribution in [0.3, 0.4) is 0 Å². The average Bonchev–Trinajstić information content (AvgIpc) is 1.48. The smallest absolute Gasteiger partial charge is 0.322 e. The highest BCUT2D eigenvalue weighted by molar-refractivity contribution is 7.17. The van der Waals surface area contributed by atoms with E-state index in [0.717, 1.165) is 0 Å². The Morgan fingerprint density at radius 3 is 1.75 bits per heavy atom. The van der Waals surface area contributed by atoms with E-state index >= 15 is 0 Å². The molecule has 0 amide bonds. The average molecular weight is 227 g/mol. The van der Waals surface area contributed by atoms with Crippen LogP contribution in [0.15, 0.2) is 0 Å². The zero-order chi connectivity index (χ0) is 9.99. The van der Waals surface area contributed by atoms with Crippen molar-refractivity contribution in [1.82, 2.24) is 0 Å². The fourth-order valence-electron chi connectivity index (χ4n) is 1.18. The van der Waals surface area contributed by atoms with Crippen molar-refractivity contribution < 1.29 is 8.54 Å². The molecule has 0 spiro atoms. The number of rotatable bonds is 4. The van der Waals surface area contributed by atoms with Gasteiger partial charge in [-0.3, -0.25) is 0 Å². The maximum Gasteiger partial charge on any atom is 0.322 e. The Balaban J connectivity index is 4.04. The highest BCUT2D eigenvalue weighted by atomic mass is 35.6. The summed E-state index contributed by atoms with van der Waals surface area (Å²) in [5, 5.41) is 0. The largest absolute Gasteiger partial charge is 0.424 e. The molecule has 0 aromatic carbocycles. The predicted octanol–water partition coefficient (Wildman–Crippen LogP) is 3.07. The van der Waals surface area contributed by atoms with E-state index in [1.54, 1.807) is 0 Å². The normalized spacial score (nSPS) is 14.0. The van der Waals surface area contributed by atoms with Gasteiger partial charge in [0, 0.05) is 6.10 Å². The Morgan fingerprint density at radius 1 is 1.08 bits per heavy atom. The van der Waals surface area contributed by atoms with Gasteiger partial charge in [0.15, 0.2) is 0 Å². The Hall–Kier alpha value is 0.644. The van der Waals surface area contributed by atoms with Crippen LogP contribution in [0.5, 0.6) is 0 Å². The van der Waals surface area contributed by atoms with Gasteiger partial charge in [-0.2, -0.15) is 0 Å². The van der Waals surface area contributed by atoms with Crippen molar-refractivity contribution in [2.45, 2.75) is 46.1 Å². The van der Waals surface area contributed by atoms with Gasteiger partial charge in [-0.15, -0.1) is 11.1 Å². The second-order valence-electron chi connectivity index (χ2n) is 4.03. The minimum atomic E-state index is -1.97. The second-order valence-corrected chi connectivity index (χ2v) is 13.3. The summed E-state index contributed by atoms with van der Waals surface area (Å²) >= 11 is 6.07. The molecule has 0 fully saturated rings. The highest BCUT2D eigenvalue weighted by Crippen LogP contribution is 2.19. The molecule has 0 radical (unpaired) electrons. The van der Waals surface area contributed by atoms with Crippen LogP contribution in [-0.2, 0) is 8.54 Å². The molecule has 0 atom stereocenters. The molecule has 74 valence electrons. The van der Waals surface area contributed by atoms with Crippen molar-refractivity contribution in [1.29, 1.82) is 0 Å². The summed E-state index contributed by atoms with van der Waals surface area (Å²) in [4.78, 5) is 0. The first-order chi connectivity index (χ1) is 5.12. The lowest BCUT2D eigenvalue weighted by molar-refractivity contribution is 0.188. The first-order valence-electron chi connectivity index (χ1n) is 4.19. The fraction of sp³-hybridized carbons (Fsp3) is 1.00. The van der Waals surface area contributed by atoms with Gasteiger partial charge in [0.2, 0.25) is 0 Å². The van der Waals surface area contributed by atoms with E-state index in [2.05, 4.69) is 0 Å². The topological polar surface area (TPSA) is 18.5 Å². The Bertz CT molecular complexity index is 143. The van der Waals surface area contributed by atoms with E-state index in [1.165, 1.54) is 0 Å². The second kappa shape index (κ2) is 4.24. The quantitative estimate of drug-likeness (QED) is 0.542. The summed E-state index contributed by atoms with van der Waals surface area (Å²) in [7, 11) is -3.92. The summed E-state index contributed by atoms with van der Waals surface area (Å²) in [6.45, 7) is 12.0. The van der Waals surface area contributed by atoms with Crippen molar-refractivity contribution in [2.24, 2.45) is 0 Å². The third-order valence-electron chi connectivity index (χ3n) is 1.01. The van der Waals surface area contributed by atoms with Crippen LogP contribution in [0.1, 0.15) is 13.8 Å². The van der Waals surface area contributed by atoms with Crippen LogP contribution in [-0.4, -0.2) is 22.3 Å². The molecule has 5 heteroatoms. The Labute approximate surface area is 82.3 Å². The van der Waals surface area contributed by atoms with Gasteiger partial charge in [-0.25, -0.2) is 0 Å². The highest BCUT2D eigenvalue weighted by Gasteiger charge is 2.34. The van der Waals surface area contributed by atoms with Crippen molar-refractivity contribution in [2.75, 3.05) is 0 Å². The fourth-order valence-corrected chi connectivity index (χ4v) is 8.85. The van der Waals surface area contributed by atoms with E-state index in [0.29, 0.717) is 0 Å². The van der Waals surface area contributed by atoms with Gasteiger partial charge in [0.05, 0.1) is 0 Å². The molecule has 0 aromatic rings. The first kappa shape index (κ1) is 12.6. The molecular weight excluding hydrogens is 208 g/mol. The summed E-state index contributed by atoms with van der Waals surface area (Å²) in [5.41, 5.74) is 0. The molecule has 0 heterocycles. The van der Waals surface area contributed by atoms with Gasteiger partial charge in [0.1, 0.15) is 0 Å². The predicted molar refractivity (Wildman–Crippen MR) is 58.1 cm³/mol. The van der Waals surface area contributed by atoms with Crippen LogP contribution in [0.2, 0.25) is 26.2 Å². The zero-order valence-electron chi connectivity index (χ0n) is 8.77. The number of hydrogen-bond acceptors (Lipinski definition) is 2. The SMILES string of the molecule is CC(C)O[Si](C)(C)O[Si](C)(C)Cl. The standard InChI is InChI=1S/C7H19ClO2Si2/c1-7(2)9-12(5,6)10-11(3,4)8/h7H,1-6H3.